The van der Waals surface area contributed by atoms with Gasteiger partial charge in [0.05, 0.1) is 27.8 Å². The molecule has 2 heterocycles. The van der Waals surface area contributed by atoms with Crippen LogP contribution in [0.3, 0.4) is 0 Å². The second kappa shape index (κ2) is 4.56. The molecule has 0 atom stereocenters. The molecule has 0 unspecified atom stereocenters. The van der Waals surface area contributed by atoms with Gasteiger partial charge >= 0.3 is 0 Å². The first-order valence-corrected chi connectivity index (χ1v) is 7.21. The summed E-state index contributed by atoms with van der Waals surface area (Å²) in [5, 5.41) is 6.33. The van der Waals surface area contributed by atoms with Crippen molar-refractivity contribution in [1.82, 2.24) is 14.3 Å². The summed E-state index contributed by atoms with van der Waals surface area (Å²) in [6.07, 6.45) is 0. The lowest BCUT2D eigenvalue weighted by molar-refractivity contribution is 0.891. The van der Waals surface area contributed by atoms with Crippen molar-refractivity contribution in [2.24, 2.45) is 7.05 Å². The molecule has 0 bridgehead atoms. The van der Waals surface area contributed by atoms with Gasteiger partial charge in [0, 0.05) is 12.4 Å². The Kier molecular flexibility index (Phi) is 2.66. The van der Waals surface area contributed by atoms with Crippen LogP contribution in [-0.4, -0.2) is 14.3 Å². The molecule has 0 aliphatic rings. The monoisotopic (exact) mass is 289 g/mol. The van der Waals surface area contributed by atoms with Gasteiger partial charge in [-0.2, -0.15) is 5.10 Å². The number of pyridine rings is 1. The molecule has 0 radical (unpaired) electrons. The molecule has 4 nitrogen and oxygen atoms in total. The van der Waals surface area contributed by atoms with E-state index < -0.39 is 0 Å². The Morgan fingerprint density at radius 3 is 2.41 bits per heavy atom. The van der Waals surface area contributed by atoms with Gasteiger partial charge in [0.25, 0.3) is 5.56 Å². The summed E-state index contributed by atoms with van der Waals surface area (Å²) in [6, 6.07) is 17.9. The van der Waals surface area contributed by atoms with Gasteiger partial charge in [-0.15, -0.1) is 0 Å². The summed E-state index contributed by atoms with van der Waals surface area (Å²) in [6.45, 7) is 1.89. The summed E-state index contributed by atoms with van der Waals surface area (Å²) >= 11 is 0. The zero-order valence-corrected chi connectivity index (χ0v) is 12.4. The van der Waals surface area contributed by atoms with Gasteiger partial charge in [0.15, 0.2) is 0 Å². The van der Waals surface area contributed by atoms with Crippen molar-refractivity contribution < 1.29 is 0 Å². The maximum Gasteiger partial charge on any atom is 0.262 e. The molecule has 108 valence electrons. The maximum atomic E-state index is 12.7. The molecule has 4 aromatic rings. The molecule has 2 aromatic heterocycles. The summed E-state index contributed by atoms with van der Waals surface area (Å²) in [7, 11) is 1.81. The van der Waals surface area contributed by atoms with E-state index in [1.54, 1.807) is 4.57 Å². The molecular formula is C18H15N3O. The fourth-order valence-electron chi connectivity index (χ4n) is 3.03. The standard InChI is InChI=1S/C18H15N3O/c1-12-16-17(21(19-12)13-8-4-3-5-9-13)14-10-6-7-11-15(14)20(2)18(16)22/h3-11H,1-2H3. The van der Waals surface area contributed by atoms with Crippen LogP contribution < -0.4 is 5.56 Å². The zero-order valence-electron chi connectivity index (χ0n) is 12.4. The second-order valence-electron chi connectivity index (χ2n) is 5.44. The highest BCUT2D eigenvalue weighted by molar-refractivity contribution is 6.05. The van der Waals surface area contributed by atoms with E-state index in [1.807, 2.05) is 73.3 Å². The molecular weight excluding hydrogens is 274 g/mol. The number of rotatable bonds is 1. The van der Waals surface area contributed by atoms with Crippen LogP contribution in [0.2, 0.25) is 0 Å². The lowest BCUT2D eigenvalue weighted by atomic mass is 10.1. The van der Waals surface area contributed by atoms with Crippen molar-refractivity contribution in [3.05, 3.63) is 70.6 Å². The lowest BCUT2D eigenvalue weighted by Gasteiger charge is -2.09. The molecule has 0 fully saturated rings. The molecule has 0 saturated carbocycles. The Balaban J connectivity index is 2.29. The summed E-state index contributed by atoms with van der Waals surface area (Å²) in [4.78, 5) is 12.7. The van der Waals surface area contributed by atoms with Crippen molar-refractivity contribution in [2.45, 2.75) is 6.92 Å². The SMILES string of the molecule is Cc1nn(-c2ccccc2)c2c1c(=O)n(C)c1ccccc21. The predicted molar refractivity (Wildman–Crippen MR) is 88.6 cm³/mol. The van der Waals surface area contributed by atoms with E-state index in [2.05, 4.69) is 5.10 Å². The van der Waals surface area contributed by atoms with Gasteiger partial charge in [0.1, 0.15) is 0 Å². The van der Waals surface area contributed by atoms with Gasteiger partial charge in [0.2, 0.25) is 0 Å². The largest absolute Gasteiger partial charge is 0.311 e. The summed E-state index contributed by atoms with van der Waals surface area (Å²) < 4.78 is 3.57. The topological polar surface area (TPSA) is 39.8 Å². The third-order valence-corrected chi connectivity index (χ3v) is 4.10. The Hall–Kier alpha value is -2.88. The average Bonchev–Trinajstić information content (AvgIpc) is 2.91. The van der Waals surface area contributed by atoms with Crippen LogP contribution in [0.4, 0.5) is 0 Å². The highest BCUT2D eigenvalue weighted by Crippen LogP contribution is 2.26. The molecule has 0 saturated heterocycles. The highest BCUT2D eigenvalue weighted by Gasteiger charge is 2.17. The normalized spacial score (nSPS) is 11.4. The fraction of sp³-hybridized carbons (Fsp3) is 0.111. The van der Waals surface area contributed by atoms with E-state index in [1.165, 1.54) is 0 Å². The van der Waals surface area contributed by atoms with Gasteiger partial charge in [-0.3, -0.25) is 4.79 Å². The van der Waals surface area contributed by atoms with Crippen molar-refractivity contribution >= 4 is 21.8 Å². The van der Waals surface area contributed by atoms with Crippen molar-refractivity contribution in [1.29, 1.82) is 0 Å². The van der Waals surface area contributed by atoms with Crippen LogP contribution in [-0.2, 0) is 7.05 Å². The molecule has 0 N–H and O–H groups in total. The van der Waals surface area contributed by atoms with E-state index in [0.29, 0.717) is 5.39 Å². The van der Waals surface area contributed by atoms with E-state index in [-0.39, 0.29) is 5.56 Å². The molecule has 4 rings (SSSR count). The molecule has 0 aliphatic carbocycles. The molecule has 0 amide bonds. The Morgan fingerprint density at radius 1 is 0.955 bits per heavy atom. The molecule has 0 aliphatic heterocycles. The minimum absolute atomic E-state index is 0.00613. The van der Waals surface area contributed by atoms with Gasteiger partial charge in [-0.05, 0) is 25.1 Å². The zero-order chi connectivity index (χ0) is 15.3. The Bertz CT molecular complexity index is 1060. The Labute approximate surface area is 127 Å². The molecule has 22 heavy (non-hydrogen) atoms. The van der Waals surface area contributed by atoms with Crippen LogP contribution in [0.25, 0.3) is 27.5 Å². The minimum Gasteiger partial charge on any atom is -0.311 e. The second-order valence-corrected chi connectivity index (χ2v) is 5.44. The van der Waals surface area contributed by atoms with Crippen molar-refractivity contribution in [2.75, 3.05) is 0 Å². The van der Waals surface area contributed by atoms with Crippen LogP contribution in [0, 0.1) is 6.92 Å². The van der Waals surface area contributed by atoms with Crippen molar-refractivity contribution in [3.63, 3.8) is 0 Å². The highest BCUT2D eigenvalue weighted by atomic mass is 16.1. The number of nitrogens with zero attached hydrogens (tertiary/aromatic N) is 3. The molecule has 4 heteroatoms. The number of hydrogen-bond acceptors (Lipinski definition) is 2. The number of hydrogen-bond donors (Lipinski definition) is 0. The number of para-hydroxylation sites is 2. The molecule has 2 aromatic carbocycles. The van der Waals surface area contributed by atoms with E-state index in [0.717, 1.165) is 27.8 Å². The third-order valence-electron chi connectivity index (χ3n) is 4.10. The van der Waals surface area contributed by atoms with E-state index in [4.69, 9.17) is 0 Å². The number of benzene rings is 2. The Morgan fingerprint density at radius 2 is 1.64 bits per heavy atom. The van der Waals surface area contributed by atoms with Gasteiger partial charge < -0.3 is 4.57 Å². The van der Waals surface area contributed by atoms with Crippen LogP contribution in [0.5, 0.6) is 0 Å². The number of aryl methyl sites for hydroxylation is 2. The lowest BCUT2D eigenvalue weighted by Crippen LogP contribution is -2.17. The van der Waals surface area contributed by atoms with E-state index in [9.17, 15) is 4.79 Å². The third kappa shape index (κ3) is 1.64. The fourth-order valence-corrected chi connectivity index (χ4v) is 3.03. The molecule has 0 spiro atoms. The maximum absolute atomic E-state index is 12.7. The van der Waals surface area contributed by atoms with Gasteiger partial charge in [-0.25, -0.2) is 4.68 Å². The smallest absolute Gasteiger partial charge is 0.262 e. The quantitative estimate of drug-likeness (QED) is 0.540. The summed E-state index contributed by atoms with van der Waals surface area (Å²) in [5.41, 5.74) is 3.50. The predicted octanol–water partition coefficient (Wildman–Crippen LogP) is 3.19. The summed E-state index contributed by atoms with van der Waals surface area (Å²) in [5.74, 6) is 0. The first-order chi connectivity index (χ1) is 10.7. The first kappa shape index (κ1) is 12.8. The van der Waals surface area contributed by atoms with Gasteiger partial charge in [-0.1, -0.05) is 36.4 Å². The van der Waals surface area contributed by atoms with Crippen LogP contribution in [0.1, 0.15) is 5.69 Å². The van der Waals surface area contributed by atoms with E-state index >= 15 is 0 Å². The first-order valence-electron chi connectivity index (χ1n) is 7.21. The van der Waals surface area contributed by atoms with Crippen molar-refractivity contribution in [3.8, 4) is 5.69 Å². The average molecular weight is 289 g/mol. The van der Waals surface area contributed by atoms with Crippen LogP contribution >= 0.6 is 0 Å². The number of aromatic nitrogens is 3. The minimum atomic E-state index is -0.00613. The number of fused-ring (bicyclic) bond motifs is 3. The van der Waals surface area contributed by atoms with Crippen LogP contribution in [0.15, 0.2) is 59.4 Å².